The number of likely N-dealkylation sites (tertiary alicyclic amines) is 1. The van der Waals surface area contributed by atoms with E-state index in [9.17, 15) is 9.59 Å². The molecule has 1 atom stereocenters. The molecule has 0 N–H and O–H groups in total. The summed E-state index contributed by atoms with van der Waals surface area (Å²) in [6.07, 6.45) is 5.09. The van der Waals surface area contributed by atoms with Crippen molar-refractivity contribution >= 4 is 17.5 Å². The highest BCUT2D eigenvalue weighted by molar-refractivity contribution is 5.99. The smallest absolute Gasteiger partial charge is 0.258 e. The molecule has 3 rings (SSSR count). The van der Waals surface area contributed by atoms with Gasteiger partial charge in [0.05, 0.1) is 17.9 Å². The molecule has 2 aromatic heterocycles. The van der Waals surface area contributed by atoms with E-state index in [2.05, 4.69) is 10.1 Å². The van der Waals surface area contributed by atoms with E-state index in [0.717, 1.165) is 25.1 Å². The molecule has 1 fully saturated rings. The summed E-state index contributed by atoms with van der Waals surface area (Å²) in [6.45, 7) is 2.34. The highest BCUT2D eigenvalue weighted by atomic mass is 16.2. The summed E-state index contributed by atoms with van der Waals surface area (Å²) >= 11 is 0. The summed E-state index contributed by atoms with van der Waals surface area (Å²) in [6, 6.07) is 1.86. The number of fused-ring (bicyclic) bond motifs is 1. The predicted molar refractivity (Wildman–Crippen MR) is 80.4 cm³/mol. The minimum atomic E-state index is -0.130. The van der Waals surface area contributed by atoms with Crippen LogP contribution in [-0.4, -0.2) is 56.9 Å². The van der Waals surface area contributed by atoms with E-state index in [1.807, 2.05) is 11.0 Å². The molecule has 0 bridgehead atoms. The minimum absolute atomic E-state index is 0.00907. The largest absolute Gasteiger partial charge is 0.345 e. The van der Waals surface area contributed by atoms with Crippen LogP contribution in [0.15, 0.2) is 18.5 Å². The maximum Gasteiger partial charge on any atom is 0.258 e. The number of rotatable bonds is 2. The van der Waals surface area contributed by atoms with Gasteiger partial charge in [0.1, 0.15) is 5.56 Å². The first-order valence-corrected chi connectivity index (χ1v) is 7.32. The average molecular weight is 301 g/mol. The molecule has 2 aromatic rings. The van der Waals surface area contributed by atoms with Crippen molar-refractivity contribution in [3.63, 3.8) is 0 Å². The lowest BCUT2D eigenvalue weighted by atomic mass is 10.1. The summed E-state index contributed by atoms with van der Waals surface area (Å²) in [5.74, 6) is -0.0706. The molecule has 1 unspecified atom stereocenters. The Labute approximate surface area is 128 Å². The lowest BCUT2D eigenvalue weighted by molar-refractivity contribution is -0.129. The molecule has 1 aliphatic heterocycles. The topological polar surface area (TPSA) is 70.8 Å². The van der Waals surface area contributed by atoms with Crippen LogP contribution in [0, 0.1) is 0 Å². The van der Waals surface area contributed by atoms with Crippen LogP contribution in [0.4, 0.5) is 0 Å². The molecule has 1 saturated heterocycles. The Balaban J connectivity index is 2.09. The number of carbonyl (C=O) groups excluding carboxylic acids is 2. The lowest BCUT2D eigenvalue weighted by Gasteiger charge is -2.23. The van der Waals surface area contributed by atoms with Crippen molar-refractivity contribution in [2.75, 3.05) is 20.6 Å². The molecule has 0 spiro atoms. The van der Waals surface area contributed by atoms with E-state index in [-0.39, 0.29) is 17.9 Å². The third-order valence-corrected chi connectivity index (χ3v) is 4.07. The molecule has 116 valence electrons. The molecule has 2 amide bonds. The molecule has 3 heterocycles. The number of hydrogen-bond acceptors (Lipinski definition) is 4. The van der Waals surface area contributed by atoms with Crippen LogP contribution in [0.5, 0.6) is 0 Å². The van der Waals surface area contributed by atoms with E-state index in [1.54, 1.807) is 37.9 Å². The van der Waals surface area contributed by atoms with Crippen molar-refractivity contribution in [1.82, 2.24) is 24.4 Å². The summed E-state index contributed by atoms with van der Waals surface area (Å²) < 4.78 is 1.68. The van der Waals surface area contributed by atoms with E-state index in [0.29, 0.717) is 11.2 Å². The van der Waals surface area contributed by atoms with Gasteiger partial charge in [-0.25, -0.2) is 9.50 Å². The first-order chi connectivity index (χ1) is 10.5. The zero-order chi connectivity index (χ0) is 15.9. The number of carbonyl (C=O) groups is 2. The average Bonchev–Trinajstić information content (AvgIpc) is 3.12. The second-order valence-electron chi connectivity index (χ2n) is 5.73. The standard InChI is InChI=1S/C15H19N5O2/c1-10(21)19-8-4-5-12(19)13-6-7-16-14-11(9-17-20(13)14)15(22)18(2)3/h6-7,9,12H,4-5,8H2,1-3H3. The van der Waals surface area contributed by atoms with Crippen molar-refractivity contribution in [3.05, 3.63) is 29.7 Å². The van der Waals surface area contributed by atoms with Gasteiger partial charge in [-0.1, -0.05) is 0 Å². The quantitative estimate of drug-likeness (QED) is 0.833. The second-order valence-corrected chi connectivity index (χ2v) is 5.73. The van der Waals surface area contributed by atoms with Gasteiger partial charge in [-0.05, 0) is 18.9 Å². The van der Waals surface area contributed by atoms with Crippen LogP contribution < -0.4 is 0 Å². The Bertz CT molecular complexity index is 737. The molecular weight excluding hydrogens is 282 g/mol. The van der Waals surface area contributed by atoms with Crippen LogP contribution in [0.25, 0.3) is 5.65 Å². The summed E-state index contributed by atoms with van der Waals surface area (Å²) in [5.41, 5.74) is 1.90. The van der Waals surface area contributed by atoms with Gasteiger partial charge in [-0.3, -0.25) is 9.59 Å². The molecule has 7 heteroatoms. The number of hydrogen-bond donors (Lipinski definition) is 0. The molecule has 7 nitrogen and oxygen atoms in total. The molecule has 22 heavy (non-hydrogen) atoms. The van der Waals surface area contributed by atoms with Crippen molar-refractivity contribution in [3.8, 4) is 0 Å². The Morgan fingerprint density at radius 1 is 1.36 bits per heavy atom. The van der Waals surface area contributed by atoms with Gasteiger partial charge in [-0.15, -0.1) is 0 Å². The van der Waals surface area contributed by atoms with Gasteiger partial charge < -0.3 is 9.80 Å². The van der Waals surface area contributed by atoms with E-state index >= 15 is 0 Å². The molecule has 0 aliphatic carbocycles. The Morgan fingerprint density at radius 2 is 2.14 bits per heavy atom. The fourth-order valence-corrected chi connectivity index (χ4v) is 3.01. The minimum Gasteiger partial charge on any atom is -0.345 e. The maximum absolute atomic E-state index is 12.2. The van der Waals surface area contributed by atoms with Crippen molar-refractivity contribution < 1.29 is 9.59 Å². The van der Waals surface area contributed by atoms with E-state index < -0.39 is 0 Å². The zero-order valence-electron chi connectivity index (χ0n) is 13.0. The van der Waals surface area contributed by atoms with E-state index in [4.69, 9.17) is 0 Å². The van der Waals surface area contributed by atoms with Crippen LogP contribution in [-0.2, 0) is 4.79 Å². The number of nitrogens with zero attached hydrogens (tertiary/aromatic N) is 5. The van der Waals surface area contributed by atoms with Crippen LogP contribution in [0.2, 0.25) is 0 Å². The highest BCUT2D eigenvalue weighted by Gasteiger charge is 2.30. The van der Waals surface area contributed by atoms with Gasteiger partial charge in [0, 0.05) is 33.8 Å². The fraction of sp³-hybridized carbons (Fsp3) is 0.467. The van der Waals surface area contributed by atoms with Crippen molar-refractivity contribution in [2.45, 2.75) is 25.8 Å². The molecular formula is C15H19N5O2. The Morgan fingerprint density at radius 3 is 2.82 bits per heavy atom. The maximum atomic E-state index is 12.2. The lowest BCUT2D eigenvalue weighted by Crippen LogP contribution is -2.29. The van der Waals surface area contributed by atoms with Crippen LogP contribution in [0.3, 0.4) is 0 Å². The number of amides is 2. The summed E-state index contributed by atoms with van der Waals surface area (Å²) in [7, 11) is 3.40. The Kier molecular flexibility index (Phi) is 3.56. The first-order valence-electron chi connectivity index (χ1n) is 7.32. The fourth-order valence-electron chi connectivity index (χ4n) is 3.01. The second kappa shape index (κ2) is 5.40. The van der Waals surface area contributed by atoms with Crippen molar-refractivity contribution in [1.29, 1.82) is 0 Å². The van der Waals surface area contributed by atoms with Crippen LogP contribution in [0.1, 0.15) is 41.9 Å². The predicted octanol–water partition coefficient (Wildman–Crippen LogP) is 1.11. The van der Waals surface area contributed by atoms with Gasteiger partial charge in [0.2, 0.25) is 5.91 Å². The zero-order valence-corrected chi connectivity index (χ0v) is 13.0. The normalized spacial score (nSPS) is 18.0. The third kappa shape index (κ3) is 2.22. The first kappa shape index (κ1) is 14.5. The van der Waals surface area contributed by atoms with Gasteiger partial charge in [-0.2, -0.15) is 5.10 Å². The molecule has 0 aromatic carbocycles. The van der Waals surface area contributed by atoms with Gasteiger partial charge in [0.15, 0.2) is 5.65 Å². The highest BCUT2D eigenvalue weighted by Crippen LogP contribution is 2.32. The van der Waals surface area contributed by atoms with E-state index in [1.165, 1.54) is 4.90 Å². The summed E-state index contributed by atoms with van der Waals surface area (Å²) in [5, 5.41) is 4.33. The summed E-state index contributed by atoms with van der Waals surface area (Å²) in [4.78, 5) is 31.6. The Hall–Kier alpha value is -2.44. The van der Waals surface area contributed by atoms with Crippen molar-refractivity contribution in [2.24, 2.45) is 0 Å². The SMILES string of the molecule is CC(=O)N1CCCC1c1ccnc2c(C(=O)N(C)C)cnn12. The number of aromatic nitrogens is 3. The monoisotopic (exact) mass is 301 g/mol. The molecule has 1 aliphatic rings. The van der Waals surface area contributed by atoms with Gasteiger partial charge in [0.25, 0.3) is 5.91 Å². The molecule has 0 saturated carbocycles. The molecule has 0 radical (unpaired) electrons. The van der Waals surface area contributed by atoms with Crippen LogP contribution >= 0.6 is 0 Å². The van der Waals surface area contributed by atoms with Gasteiger partial charge >= 0.3 is 0 Å². The third-order valence-electron chi connectivity index (χ3n) is 4.07.